The highest BCUT2D eigenvalue weighted by Gasteiger charge is 2.28. The fourth-order valence-corrected chi connectivity index (χ4v) is 4.07. The van der Waals surface area contributed by atoms with Crippen molar-refractivity contribution in [3.63, 3.8) is 0 Å². The number of aryl methyl sites for hydroxylation is 1. The molecule has 0 radical (unpaired) electrons. The van der Waals surface area contributed by atoms with Gasteiger partial charge in [-0.25, -0.2) is 8.78 Å². The van der Waals surface area contributed by atoms with Crippen molar-refractivity contribution in [3.8, 4) is 0 Å². The molecule has 0 bridgehead atoms. The second-order valence-corrected chi connectivity index (χ2v) is 8.88. The molecule has 1 unspecified atom stereocenters. The Kier molecular flexibility index (Phi) is 10.8. The number of amides is 1. The molecule has 0 saturated carbocycles. The zero-order valence-electron chi connectivity index (χ0n) is 20.4. The number of rotatable bonds is 15. The van der Waals surface area contributed by atoms with E-state index in [9.17, 15) is 13.6 Å². The molecule has 1 aromatic heterocycles. The number of unbranched alkanes of at least 4 members (excludes halogenated alkanes) is 9. The van der Waals surface area contributed by atoms with Crippen LogP contribution in [0.1, 0.15) is 88.4 Å². The van der Waals surface area contributed by atoms with E-state index in [-0.39, 0.29) is 11.5 Å². The van der Waals surface area contributed by atoms with Crippen molar-refractivity contribution in [2.45, 2.75) is 83.6 Å². The highest BCUT2D eigenvalue weighted by molar-refractivity contribution is 5.97. The van der Waals surface area contributed by atoms with Gasteiger partial charge in [0.1, 0.15) is 17.6 Å². The number of anilines is 1. The number of nitrogens with zero attached hydrogens (tertiary/aromatic N) is 4. The molecule has 2 aromatic carbocycles. The van der Waals surface area contributed by atoms with Gasteiger partial charge in [0.2, 0.25) is 5.91 Å². The molecular weight excluding hydrogens is 448 g/mol. The van der Waals surface area contributed by atoms with E-state index in [4.69, 9.17) is 0 Å². The fourth-order valence-electron chi connectivity index (χ4n) is 4.07. The van der Waals surface area contributed by atoms with E-state index in [1.165, 1.54) is 62.2 Å². The van der Waals surface area contributed by atoms with Crippen molar-refractivity contribution < 1.29 is 13.6 Å². The smallest absolute Gasteiger partial charge is 0.239 e. The third-order valence-electron chi connectivity index (χ3n) is 6.02. The third-order valence-corrected chi connectivity index (χ3v) is 6.02. The van der Waals surface area contributed by atoms with Crippen LogP contribution < -0.4 is 5.32 Å². The standard InChI is InChI=1S/C27H35F2N5O/c1-2-3-4-5-6-7-8-9-10-14-19-34-32-26(31-33-34)25(21-15-12-11-13-16-21)27(35)30-24-18-17-22(28)20-23(24)29/h11-13,15-18,20,25H,2-10,14,19H2,1H3,(H,30,35). The number of aromatic nitrogens is 4. The SMILES string of the molecule is CCCCCCCCCCCCn1nnc(C(C(=O)Nc2ccc(F)cc2F)c2ccccc2)n1. The van der Waals surface area contributed by atoms with Crippen molar-refractivity contribution in [2.75, 3.05) is 5.32 Å². The van der Waals surface area contributed by atoms with Gasteiger partial charge >= 0.3 is 0 Å². The molecule has 0 aliphatic carbocycles. The number of nitrogens with one attached hydrogen (secondary N) is 1. The summed E-state index contributed by atoms with van der Waals surface area (Å²) < 4.78 is 27.3. The molecular formula is C27H35F2N5O. The number of halogens is 2. The van der Waals surface area contributed by atoms with Crippen LogP contribution in [0.4, 0.5) is 14.5 Å². The molecule has 1 amide bonds. The van der Waals surface area contributed by atoms with Crippen LogP contribution in [0.3, 0.4) is 0 Å². The Labute approximate surface area is 206 Å². The van der Waals surface area contributed by atoms with Gasteiger partial charge in [-0.05, 0) is 29.3 Å². The summed E-state index contributed by atoms with van der Waals surface area (Å²) in [7, 11) is 0. The molecule has 0 saturated heterocycles. The van der Waals surface area contributed by atoms with Gasteiger partial charge in [-0.15, -0.1) is 10.2 Å². The molecule has 1 atom stereocenters. The lowest BCUT2D eigenvalue weighted by Crippen LogP contribution is -2.24. The van der Waals surface area contributed by atoms with Gasteiger partial charge in [0.25, 0.3) is 0 Å². The van der Waals surface area contributed by atoms with Crippen LogP contribution in [0.15, 0.2) is 48.5 Å². The molecule has 1 N–H and O–H groups in total. The highest BCUT2D eigenvalue weighted by Crippen LogP contribution is 2.25. The largest absolute Gasteiger partial charge is 0.323 e. The van der Waals surface area contributed by atoms with Crippen LogP contribution in [0.2, 0.25) is 0 Å². The van der Waals surface area contributed by atoms with E-state index < -0.39 is 23.5 Å². The number of tetrazole rings is 1. The molecule has 3 rings (SSSR count). The summed E-state index contributed by atoms with van der Waals surface area (Å²) in [5.74, 6) is -2.70. The minimum Gasteiger partial charge on any atom is -0.323 e. The van der Waals surface area contributed by atoms with E-state index in [0.29, 0.717) is 12.1 Å². The zero-order chi connectivity index (χ0) is 24.9. The highest BCUT2D eigenvalue weighted by atomic mass is 19.1. The van der Waals surface area contributed by atoms with E-state index in [0.717, 1.165) is 25.0 Å². The van der Waals surface area contributed by atoms with Crippen molar-refractivity contribution in [3.05, 3.63) is 71.6 Å². The Morgan fingerprint density at radius 2 is 1.57 bits per heavy atom. The molecule has 6 nitrogen and oxygen atoms in total. The maximum atomic E-state index is 14.1. The first kappa shape index (κ1) is 26.4. The second-order valence-electron chi connectivity index (χ2n) is 8.88. The molecule has 188 valence electrons. The summed E-state index contributed by atoms with van der Waals surface area (Å²) >= 11 is 0. The normalized spacial score (nSPS) is 12.0. The molecule has 0 fully saturated rings. The van der Waals surface area contributed by atoms with E-state index in [1.807, 2.05) is 18.2 Å². The summed E-state index contributed by atoms with van der Waals surface area (Å²) in [4.78, 5) is 14.6. The number of hydrogen-bond acceptors (Lipinski definition) is 4. The van der Waals surface area contributed by atoms with Crippen LogP contribution in [-0.4, -0.2) is 26.1 Å². The fraction of sp³-hybridized carbons (Fsp3) is 0.481. The van der Waals surface area contributed by atoms with Gasteiger partial charge in [-0.2, -0.15) is 4.80 Å². The molecule has 0 spiro atoms. The predicted octanol–water partition coefficient (Wildman–Crippen LogP) is 6.64. The second kappa shape index (κ2) is 14.3. The lowest BCUT2D eigenvalue weighted by molar-refractivity contribution is -0.116. The van der Waals surface area contributed by atoms with Crippen LogP contribution in [0.25, 0.3) is 0 Å². The number of carbonyl (C=O) groups excluding carboxylic acids is 1. The minimum atomic E-state index is -0.873. The molecule has 35 heavy (non-hydrogen) atoms. The monoisotopic (exact) mass is 483 g/mol. The maximum Gasteiger partial charge on any atom is 0.239 e. The van der Waals surface area contributed by atoms with Crippen molar-refractivity contribution in [1.82, 2.24) is 20.2 Å². The first-order valence-electron chi connectivity index (χ1n) is 12.7. The Morgan fingerprint density at radius 1 is 0.914 bits per heavy atom. The van der Waals surface area contributed by atoms with Gasteiger partial charge < -0.3 is 5.32 Å². The van der Waals surface area contributed by atoms with E-state index in [1.54, 1.807) is 12.1 Å². The van der Waals surface area contributed by atoms with Crippen LogP contribution in [0, 0.1) is 11.6 Å². The van der Waals surface area contributed by atoms with Crippen LogP contribution in [0.5, 0.6) is 0 Å². The molecule has 8 heteroatoms. The van der Waals surface area contributed by atoms with Crippen LogP contribution in [-0.2, 0) is 11.3 Å². The number of benzene rings is 2. The average molecular weight is 484 g/mol. The topological polar surface area (TPSA) is 72.7 Å². The van der Waals surface area contributed by atoms with E-state index in [2.05, 4.69) is 27.7 Å². The average Bonchev–Trinajstić information content (AvgIpc) is 3.31. The molecule has 0 aliphatic rings. The minimum absolute atomic E-state index is 0.102. The van der Waals surface area contributed by atoms with Crippen molar-refractivity contribution >= 4 is 11.6 Å². The third kappa shape index (κ3) is 8.53. The Hall–Kier alpha value is -3.16. The Balaban J connectivity index is 1.55. The van der Waals surface area contributed by atoms with Gasteiger partial charge in [-0.1, -0.05) is 95.0 Å². The van der Waals surface area contributed by atoms with Crippen LogP contribution >= 0.6 is 0 Å². The first-order valence-corrected chi connectivity index (χ1v) is 12.7. The maximum absolute atomic E-state index is 14.1. The molecule has 1 heterocycles. The van der Waals surface area contributed by atoms with Crippen molar-refractivity contribution in [2.24, 2.45) is 0 Å². The van der Waals surface area contributed by atoms with Crippen molar-refractivity contribution in [1.29, 1.82) is 0 Å². The quantitative estimate of drug-likeness (QED) is 0.246. The summed E-state index contributed by atoms with van der Waals surface area (Å²) in [6.45, 7) is 2.86. The summed E-state index contributed by atoms with van der Waals surface area (Å²) in [5, 5.41) is 15.2. The summed E-state index contributed by atoms with van der Waals surface area (Å²) in [5.41, 5.74) is 0.557. The zero-order valence-corrected chi connectivity index (χ0v) is 20.4. The summed E-state index contributed by atoms with van der Waals surface area (Å²) in [6, 6.07) is 12.0. The Bertz CT molecular complexity index is 1040. The van der Waals surface area contributed by atoms with E-state index >= 15 is 0 Å². The Morgan fingerprint density at radius 3 is 2.23 bits per heavy atom. The van der Waals surface area contributed by atoms with Gasteiger partial charge in [0.05, 0.1) is 12.2 Å². The van der Waals surface area contributed by atoms with Gasteiger partial charge in [0.15, 0.2) is 5.82 Å². The predicted molar refractivity (Wildman–Crippen MR) is 133 cm³/mol. The van der Waals surface area contributed by atoms with Gasteiger partial charge in [0, 0.05) is 6.07 Å². The summed E-state index contributed by atoms with van der Waals surface area (Å²) in [6.07, 6.45) is 12.4. The molecule has 0 aliphatic heterocycles. The number of hydrogen-bond donors (Lipinski definition) is 1. The first-order chi connectivity index (χ1) is 17.1. The lowest BCUT2D eigenvalue weighted by Gasteiger charge is -2.14. The number of carbonyl (C=O) groups is 1. The van der Waals surface area contributed by atoms with Gasteiger partial charge in [-0.3, -0.25) is 4.79 Å². The molecule has 3 aromatic rings. The lowest BCUT2D eigenvalue weighted by atomic mass is 9.97.